The smallest absolute Gasteiger partial charge is 0.254 e. The first-order valence-electron chi connectivity index (χ1n) is 9.92. The van der Waals surface area contributed by atoms with Gasteiger partial charge in [-0.3, -0.25) is 14.3 Å². The Morgan fingerprint density at radius 3 is 2.55 bits per heavy atom. The van der Waals surface area contributed by atoms with E-state index in [9.17, 15) is 14.0 Å². The molecule has 0 aliphatic carbocycles. The van der Waals surface area contributed by atoms with E-state index in [1.807, 2.05) is 30.5 Å². The van der Waals surface area contributed by atoms with Gasteiger partial charge in [-0.1, -0.05) is 12.1 Å². The number of carbonyl (C=O) groups excluding carboxylic acids is 2. The van der Waals surface area contributed by atoms with Gasteiger partial charge in [0.2, 0.25) is 5.91 Å². The summed E-state index contributed by atoms with van der Waals surface area (Å²) in [5.41, 5.74) is 2.82. The van der Waals surface area contributed by atoms with Gasteiger partial charge in [-0.05, 0) is 42.0 Å². The fourth-order valence-corrected chi connectivity index (χ4v) is 3.74. The van der Waals surface area contributed by atoms with Crippen molar-refractivity contribution in [3.63, 3.8) is 0 Å². The van der Waals surface area contributed by atoms with Crippen LogP contribution in [-0.2, 0) is 24.9 Å². The van der Waals surface area contributed by atoms with Crippen molar-refractivity contribution in [3.05, 3.63) is 82.9 Å². The lowest BCUT2D eigenvalue weighted by Gasteiger charge is -2.31. The van der Waals surface area contributed by atoms with E-state index in [2.05, 4.69) is 10.4 Å². The molecule has 8 heteroatoms. The summed E-state index contributed by atoms with van der Waals surface area (Å²) in [7, 11) is 3.39. The van der Waals surface area contributed by atoms with Crippen LogP contribution in [0.1, 0.15) is 33.1 Å². The number of aromatic nitrogens is 2. The third-order valence-corrected chi connectivity index (χ3v) is 5.35. The highest BCUT2D eigenvalue weighted by Gasteiger charge is 2.35. The molecule has 160 valence electrons. The third-order valence-electron chi connectivity index (χ3n) is 5.35. The van der Waals surface area contributed by atoms with Crippen LogP contribution in [0.3, 0.4) is 0 Å². The maximum absolute atomic E-state index is 13.2. The molecule has 31 heavy (non-hydrogen) atoms. The minimum Gasteiger partial charge on any atom is -0.497 e. The number of benzene rings is 2. The summed E-state index contributed by atoms with van der Waals surface area (Å²) >= 11 is 0. The van der Waals surface area contributed by atoms with E-state index < -0.39 is 11.7 Å². The molecule has 3 aromatic rings. The monoisotopic (exact) mass is 422 g/mol. The van der Waals surface area contributed by atoms with Gasteiger partial charge in [-0.15, -0.1) is 0 Å². The van der Waals surface area contributed by atoms with Crippen molar-refractivity contribution < 1.29 is 18.7 Å². The minimum atomic E-state index is -0.590. The summed E-state index contributed by atoms with van der Waals surface area (Å²) in [4.78, 5) is 27.6. The summed E-state index contributed by atoms with van der Waals surface area (Å²) < 4.78 is 20.0. The van der Waals surface area contributed by atoms with Crippen molar-refractivity contribution in [1.82, 2.24) is 20.0 Å². The Bertz CT molecular complexity index is 1090. The van der Waals surface area contributed by atoms with Crippen LogP contribution in [0.15, 0.2) is 54.7 Å². The van der Waals surface area contributed by atoms with E-state index in [-0.39, 0.29) is 18.4 Å². The molecule has 1 aromatic heterocycles. The van der Waals surface area contributed by atoms with Crippen LogP contribution in [-0.4, -0.2) is 40.1 Å². The molecule has 0 saturated carbocycles. The molecule has 4 rings (SSSR count). The van der Waals surface area contributed by atoms with Crippen LogP contribution < -0.4 is 10.1 Å². The number of halogens is 1. The number of fused-ring (bicyclic) bond motifs is 1. The van der Waals surface area contributed by atoms with Gasteiger partial charge in [0.05, 0.1) is 18.7 Å². The largest absolute Gasteiger partial charge is 0.497 e. The Labute approximate surface area is 179 Å². The number of amides is 2. The maximum Gasteiger partial charge on any atom is 0.254 e. The number of nitrogens with one attached hydrogen (secondary N) is 1. The average Bonchev–Trinajstić information content (AvgIpc) is 3.17. The lowest BCUT2D eigenvalue weighted by Crippen LogP contribution is -2.43. The lowest BCUT2D eigenvalue weighted by atomic mass is 9.95. The molecule has 1 N–H and O–H groups in total. The van der Waals surface area contributed by atoms with E-state index >= 15 is 0 Å². The molecule has 2 heterocycles. The van der Waals surface area contributed by atoms with Crippen LogP contribution in [0.5, 0.6) is 5.75 Å². The number of rotatable bonds is 5. The Morgan fingerprint density at radius 1 is 1.16 bits per heavy atom. The molecular weight excluding hydrogens is 399 g/mol. The predicted octanol–water partition coefficient (Wildman–Crippen LogP) is 2.62. The van der Waals surface area contributed by atoms with Crippen molar-refractivity contribution in [2.45, 2.75) is 19.0 Å². The molecule has 0 spiro atoms. The van der Waals surface area contributed by atoms with Crippen molar-refractivity contribution in [1.29, 1.82) is 0 Å². The SMILES string of the molecule is COc1ccc(CNC(=O)[C@@H]2CN(C(=O)c3ccc(F)cc3)Cc3cn(C)nc32)cc1. The second-order valence-corrected chi connectivity index (χ2v) is 7.52. The van der Waals surface area contributed by atoms with Gasteiger partial charge in [0.25, 0.3) is 5.91 Å². The van der Waals surface area contributed by atoms with Gasteiger partial charge < -0.3 is 15.0 Å². The lowest BCUT2D eigenvalue weighted by molar-refractivity contribution is -0.123. The van der Waals surface area contributed by atoms with Crippen LogP contribution in [0.4, 0.5) is 4.39 Å². The van der Waals surface area contributed by atoms with Crippen molar-refractivity contribution in [2.24, 2.45) is 7.05 Å². The molecule has 0 saturated heterocycles. The molecule has 2 aromatic carbocycles. The fraction of sp³-hybridized carbons (Fsp3) is 0.261. The van der Waals surface area contributed by atoms with Gasteiger partial charge in [0.15, 0.2) is 0 Å². The number of methoxy groups -OCH3 is 1. The number of hydrogen-bond donors (Lipinski definition) is 1. The van der Waals surface area contributed by atoms with Gasteiger partial charge in [0, 0.05) is 44.0 Å². The van der Waals surface area contributed by atoms with Crippen LogP contribution in [0, 0.1) is 5.82 Å². The van der Waals surface area contributed by atoms with Crippen LogP contribution in [0.25, 0.3) is 0 Å². The summed E-state index contributed by atoms with van der Waals surface area (Å²) in [6, 6.07) is 12.9. The van der Waals surface area contributed by atoms with E-state index in [0.29, 0.717) is 24.3 Å². The summed E-state index contributed by atoms with van der Waals surface area (Å²) in [6.07, 6.45) is 1.82. The van der Waals surface area contributed by atoms with E-state index in [1.165, 1.54) is 24.3 Å². The number of hydrogen-bond acceptors (Lipinski definition) is 4. The Kier molecular flexibility index (Phi) is 5.70. The first kappa shape index (κ1) is 20.6. The zero-order chi connectivity index (χ0) is 22.0. The molecular formula is C23H23FN4O3. The molecule has 1 atom stereocenters. The van der Waals surface area contributed by atoms with Crippen molar-refractivity contribution in [3.8, 4) is 5.75 Å². The molecule has 0 fully saturated rings. The fourth-order valence-electron chi connectivity index (χ4n) is 3.74. The maximum atomic E-state index is 13.2. The minimum absolute atomic E-state index is 0.202. The Balaban J connectivity index is 1.51. The van der Waals surface area contributed by atoms with E-state index in [4.69, 9.17) is 4.74 Å². The quantitative estimate of drug-likeness (QED) is 0.686. The third kappa shape index (κ3) is 4.42. The topological polar surface area (TPSA) is 76.5 Å². The molecule has 1 aliphatic heterocycles. The number of nitrogens with zero attached hydrogens (tertiary/aromatic N) is 3. The first-order valence-corrected chi connectivity index (χ1v) is 9.92. The van der Waals surface area contributed by atoms with Crippen LogP contribution >= 0.6 is 0 Å². The predicted molar refractivity (Wildman–Crippen MR) is 112 cm³/mol. The Morgan fingerprint density at radius 2 is 1.87 bits per heavy atom. The van der Waals surface area contributed by atoms with Crippen molar-refractivity contribution >= 4 is 11.8 Å². The number of aryl methyl sites for hydroxylation is 1. The highest BCUT2D eigenvalue weighted by molar-refractivity contribution is 5.95. The van der Waals surface area contributed by atoms with Crippen LogP contribution in [0.2, 0.25) is 0 Å². The van der Waals surface area contributed by atoms with E-state index in [1.54, 1.807) is 23.7 Å². The molecule has 0 bridgehead atoms. The highest BCUT2D eigenvalue weighted by Crippen LogP contribution is 2.28. The second-order valence-electron chi connectivity index (χ2n) is 7.52. The highest BCUT2D eigenvalue weighted by atomic mass is 19.1. The second kappa shape index (κ2) is 8.59. The van der Waals surface area contributed by atoms with Gasteiger partial charge in [-0.2, -0.15) is 5.10 Å². The summed E-state index contributed by atoms with van der Waals surface area (Å²) in [5, 5.41) is 7.41. The zero-order valence-electron chi connectivity index (χ0n) is 17.3. The summed E-state index contributed by atoms with van der Waals surface area (Å²) in [6.45, 7) is 0.906. The number of ether oxygens (including phenoxy) is 1. The number of carbonyl (C=O) groups is 2. The van der Waals surface area contributed by atoms with E-state index in [0.717, 1.165) is 16.9 Å². The normalized spacial score (nSPS) is 15.3. The molecule has 0 unspecified atom stereocenters. The Hall–Kier alpha value is -3.68. The average molecular weight is 422 g/mol. The zero-order valence-corrected chi connectivity index (χ0v) is 17.3. The molecule has 1 aliphatic rings. The van der Waals surface area contributed by atoms with Gasteiger partial charge in [-0.25, -0.2) is 4.39 Å². The van der Waals surface area contributed by atoms with Gasteiger partial charge in [0.1, 0.15) is 11.6 Å². The first-order chi connectivity index (χ1) is 14.9. The molecule has 0 radical (unpaired) electrons. The van der Waals surface area contributed by atoms with Gasteiger partial charge >= 0.3 is 0 Å². The molecule has 7 nitrogen and oxygen atoms in total. The van der Waals surface area contributed by atoms with Crippen molar-refractivity contribution in [2.75, 3.05) is 13.7 Å². The molecule has 2 amide bonds. The summed E-state index contributed by atoms with van der Waals surface area (Å²) in [5.74, 6) is -0.696. The standard InChI is InChI=1S/C23H23FN4O3/c1-27-12-17-13-28(23(30)16-5-7-18(24)8-6-16)14-20(21(17)26-27)22(29)25-11-15-3-9-19(31-2)10-4-15/h3-10,12,20H,11,13-14H2,1-2H3,(H,25,29)/t20-/m1/s1.